The first-order valence-corrected chi connectivity index (χ1v) is 12.3. The molecular formula is C25H32ClN3O4S. The average molecular weight is 506 g/mol. The Bertz CT molecular complexity index is 1060. The minimum absolute atomic E-state index is 0. The molecule has 0 atom stereocenters. The lowest BCUT2D eigenvalue weighted by molar-refractivity contribution is 0.0984. The summed E-state index contributed by atoms with van der Waals surface area (Å²) in [4.78, 5) is 22.2. The molecular weight excluding hydrogens is 474 g/mol. The number of hydrogen-bond acceptors (Lipinski definition) is 7. The second-order valence-corrected chi connectivity index (χ2v) is 9.31. The van der Waals surface area contributed by atoms with Gasteiger partial charge in [0.15, 0.2) is 16.6 Å². The van der Waals surface area contributed by atoms with E-state index in [0.717, 1.165) is 47.5 Å². The molecule has 0 bridgehead atoms. The van der Waals surface area contributed by atoms with E-state index in [1.165, 1.54) is 11.3 Å². The Labute approximate surface area is 211 Å². The topological polar surface area (TPSA) is 64.1 Å². The largest absolute Gasteiger partial charge is 0.494 e. The molecule has 0 spiro atoms. The molecule has 0 saturated heterocycles. The highest BCUT2D eigenvalue weighted by Crippen LogP contribution is 2.39. The van der Waals surface area contributed by atoms with Crippen LogP contribution in [0.2, 0.25) is 0 Å². The van der Waals surface area contributed by atoms with Gasteiger partial charge >= 0.3 is 0 Å². The van der Waals surface area contributed by atoms with Gasteiger partial charge in [-0.2, -0.15) is 0 Å². The van der Waals surface area contributed by atoms with Gasteiger partial charge < -0.3 is 19.1 Å². The Morgan fingerprint density at radius 1 is 1.09 bits per heavy atom. The zero-order valence-electron chi connectivity index (χ0n) is 19.9. The third-order valence-corrected chi connectivity index (χ3v) is 6.43. The molecule has 7 nitrogen and oxygen atoms in total. The lowest BCUT2D eigenvalue weighted by atomic mass is 10.2. The van der Waals surface area contributed by atoms with Gasteiger partial charge in [-0.05, 0) is 38.7 Å². The molecule has 0 fully saturated rings. The summed E-state index contributed by atoms with van der Waals surface area (Å²) >= 11 is 1.49. The Hall–Kier alpha value is -2.55. The maximum atomic E-state index is 13.6. The van der Waals surface area contributed by atoms with Gasteiger partial charge in [-0.3, -0.25) is 9.69 Å². The fourth-order valence-corrected chi connectivity index (χ4v) is 4.57. The highest BCUT2D eigenvalue weighted by atomic mass is 35.5. The SMILES string of the molecule is CCCCCOc1cccc(C(=O)N(CCN(C)C)c2nc3cc4c(cc3s2)OCCO4)c1.Cl. The number of thiazole rings is 1. The molecule has 0 radical (unpaired) electrons. The van der Waals surface area contributed by atoms with Gasteiger partial charge in [0.1, 0.15) is 19.0 Å². The fourth-order valence-electron chi connectivity index (χ4n) is 3.57. The predicted molar refractivity (Wildman–Crippen MR) is 140 cm³/mol. The van der Waals surface area contributed by atoms with E-state index in [4.69, 9.17) is 19.2 Å². The third-order valence-electron chi connectivity index (χ3n) is 5.39. The van der Waals surface area contributed by atoms with E-state index in [1.807, 2.05) is 50.5 Å². The number of benzene rings is 2. The summed E-state index contributed by atoms with van der Waals surface area (Å²) in [6.07, 6.45) is 3.28. The van der Waals surface area contributed by atoms with Crippen LogP contribution in [0.25, 0.3) is 10.2 Å². The number of nitrogens with zero attached hydrogens (tertiary/aromatic N) is 3. The van der Waals surface area contributed by atoms with Crippen molar-refractivity contribution in [2.75, 3.05) is 51.9 Å². The lowest BCUT2D eigenvalue weighted by Gasteiger charge is -2.22. The minimum atomic E-state index is -0.0906. The van der Waals surface area contributed by atoms with Gasteiger partial charge in [0, 0.05) is 30.8 Å². The number of halogens is 1. The van der Waals surface area contributed by atoms with Gasteiger partial charge in [0.2, 0.25) is 0 Å². The Balaban J connectivity index is 0.00000324. The van der Waals surface area contributed by atoms with Crippen molar-refractivity contribution in [1.82, 2.24) is 9.88 Å². The van der Waals surface area contributed by atoms with E-state index in [9.17, 15) is 4.79 Å². The number of hydrogen-bond donors (Lipinski definition) is 0. The summed E-state index contributed by atoms with van der Waals surface area (Å²) in [6.45, 7) is 5.13. The summed E-state index contributed by atoms with van der Waals surface area (Å²) in [6, 6.07) is 11.3. The van der Waals surface area contributed by atoms with Crippen LogP contribution in [0.4, 0.5) is 5.13 Å². The molecule has 3 aromatic rings. The van der Waals surface area contributed by atoms with Crippen molar-refractivity contribution in [1.29, 1.82) is 0 Å². The van der Waals surface area contributed by atoms with Crippen LogP contribution in [0.5, 0.6) is 17.2 Å². The number of anilines is 1. The molecule has 4 rings (SSSR count). The van der Waals surface area contributed by atoms with Crippen LogP contribution in [-0.4, -0.2) is 62.8 Å². The van der Waals surface area contributed by atoms with Crippen molar-refractivity contribution in [2.24, 2.45) is 0 Å². The van der Waals surface area contributed by atoms with E-state index in [0.29, 0.717) is 42.8 Å². The summed E-state index contributed by atoms with van der Waals surface area (Å²) < 4.78 is 18.2. The van der Waals surface area contributed by atoms with Crippen molar-refractivity contribution >= 4 is 45.0 Å². The van der Waals surface area contributed by atoms with E-state index < -0.39 is 0 Å². The maximum Gasteiger partial charge on any atom is 0.260 e. The number of likely N-dealkylation sites (N-methyl/N-ethyl adjacent to an activating group) is 1. The minimum Gasteiger partial charge on any atom is -0.494 e. The van der Waals surface area contributed by atoms with Gasteiger partial charge in [-0.25, -0.2) is 4.98 Å². The standard InChI is InChI=1S/C25H31N3O4S.ClH/c1-4-5-6-12-30-19-9-7-8-18(15-19)24(29)28(11-10-27(2)3)25-26-20-16-21-22(17-23(20)33-25)32-14-13-31-21;/h7-9,15-17H,4-6,10-14H2,1-3H3;1H. The van der Waals surface area contributed by atoms with Crippen LogP contribution in [0.1, 0.15) is 36.5 Å². The smallest absolute Gasteiger partial charge is 0.260 e. The highest BCUT2D eigenvalue weighted by molar-refractivity contribution is 7.22. The molecule has 1 aromatic heterocycles. The van der Waals surface area contributed by atoms with E-state index in [2.05, 4.69) is 11.8 Å². The van der Waals surface area contributed by atoms with E-state index >= 15 is 0 Å². The number of amides is 1. The molecule has 1 amide bonds. The van der Waals surface area contributed by atoms with Crippen molar-refractivity contribution in [2.45, 2.75) is 26.2 Å². The highest BCUT2D eigenvalue weighted by Gasteiger charge is 2.23. The fraction of sp³-hybridized carbons (Fsp3) is 0.440. The summed E-state index contributed by atoms with van der Waals surface area (Å²) in [5.74, 6) is 2.05. The first-order valence-electron chi connectivity index (χ1n) is 11.4. The van der Waals surface area contributed by atoms with Crippen LogP contribution in [0.15, 0.2) is 36.4 Å². The van der Waals surface area contributed by atoms with Crippen LogP contribution in [0.3, 0.4) is 0 Å². The molecule has 0 aliphatic carbocycles. The van der Waals surface area contributed by atoms with Crippen molar-refractivity contribution in [3.63, 3.8) is 0 Å². The van der Waals surface area contributed by atoms with Gasteiger partial charge in [-0.15, -0.1) is 12.4 Å². The normalized spacial score (nSPS) is 12.5. The van der Waals surface area contributed by atoms with Crippen molar-refractivity contribution in [3.05, 3.63) is 42.0 Å². The Morgan fingerprint density at radius 2 is 1.85 bits per heavy atom. The number of aromatic nitrogens is 1. The number of carbonyl (C=O) groups is 1. The second-order valence-electron chi connectivity index (χ2n) is 8.30. The monoisotopic (exact) mass is 505 g/mol. The van der Waals surface area contributed by atoms with Crippen LogP contribution in [0, 0.1) is 0 Å². The first kappa shape index (κ1) is 26.1. The molecule has 2 aromatic carbocycles. The summed E-state index contributed by atoms with van der Waals surface area (Å²) in [5, 5.41) is 0.661. The van der Waals surface area contributed by atoms with Gasteiger partial charge in [0.25, 0.3) is 5.91 Å². The molecule has 2 heterocycles. The van der Waals surface area contributed by atoms with Gasteiger partial charge in [0.05, 0.1) is 16.8 Å². The maximum absolute atomic E-state index is 13.6. The first-order chi connectivity index (χ1) is 16.0. The molecule has 0 unspecified atom stereocenters. The molecule has 0 saturated carbocycles. The molecule has 9 heteroatoms. The molecule has 0 N–H and O–H groups in total. The lowest BCUT2D eigenvalue weighted by Crippen LogP contribution is -2.36. The van der Waals surface area contributed by atoms with Crippen LogP contribution >= 0.6 is 23.7 Å². The number of rotatable bonds is 10. The Morgan fingerprint density at radius 3 is 2.59 bits per heavy atom. The third kappa shape index (κ3) is 6.31. The average Bonchev–Trinajstić information content (AvgIpc) is 3.22. The summed E-state index contributed by atoms with van der Waals surface area (Å²) in [5.41, 5.74) is 1.39. The number of carbonyl (C=O) groups excluding carboxylic acids is 1. The van der Waals surface area contributed by atoms with E-state index in [-0.39, 0.29) is 18.3 Å². The number of ether oxygens (including phenoxy) is 3. The Kier molecular flexibility index (Phi) is 9.38. The predicted octanol–water partition coefficient (Wildman–Crippen LogP) is 5.27. The summed E-state index contributed by atoms with van der Waals surface area (Å²) in [7, 11) is 3.99. The van der Waals surface area contributed by atoms with E-state index in [1.54, 1.807) is 4.90 Å². The molecule has 1 aliphatic rings. The molecule has 1 aliphatic heterocycles. The van der Waals surface area contributed by atoms with Crippen molar-refractivity contribution < 1.29 is 19.0 Å². The molecule has 184 valence electrons. The van der Waals surface area contributed by atoms with Crippen molar-refractivity contribution in [3.8, 4) is 17.2 Å². The molecule has 34 heavy (non-hydrogen) atoms. The zero-order chi connectivity index (χ0) is 23.2. The number of unbranched alkanes of at least 4 members (excludes halogenated alkanes) is 2. The van der Waals surface area contributed by atoms with Gasteiger partial charge in [-0.1, -0.05) is 37.2 Å². The zero-order valence-corrected chi connectivity index (χ0v) is 21.5. The second kappa shape index (κ2) is 12.2. The number of fused-ring (bicyclic) bond motifs is 2. The van der Waals surface area contributed by atoms with Crippen LogP contribution < -0.4 is 19.1 Å². The van der Waals surface area contributed by atoms with Crippen LogP contribution in [-0.2, 0) is 0 Å². The quantitative estimate of drug-likeness (QED) is 0.350.